The van der Waals surface area contributed by atoms with E-state index >= 15 is 0 Å². The summed E-state index contributed by atoms with van der Waals surface area (Å²) in [5, 5.41) is 0. The highest BCUT2D eigenvalue weighted by Crippen LogP contribution is 2.24. The first-order valence-electron chi connectivity index (χ1n) is 6.88. The molecule has 1 aromatic heterocycles. The molecule has 1 aliphatic rings. The van der Waals surface area contributed by atoms with Crippen molar-refractivity contribution in [3.05, 3.63) is 29.6 Å². The normalized spacial score (nSPS) is 19.5. The second kappa shape index (κ2) is 5.63. The van der Waals surface area contributed by atoms with Gasteiger partial charge in [0.1, 0.15) is 0 Å². The van der Waals surface area contributed by atoms with E-state index < -0.39 is 0 Å². The summed E-state index contributed by atoms with van der Waals surface area (Å²) in [6, 6.07) is 4.95. The van der Waals surface area contributed by atoms with Crippen molar-refractivity contribution >= 4 is 0 Å². The molecule has 0 amide bonds. The van der Waals surface area contributed by atoms with Crippen molar-refractivity contribution in [3.63, 3.8) is 0 Å². The molecule has 0 saturated carbocycles. The smallest absolute Gasteiger partial charge is 0.0429 e. The zero-order valence-electron chi connectivity index (χ0n) is 11.3. The maximum absolute atomic E-state index is 4.57. The number of hydrogen-bond donors (Lipinski definition) is 0. The largest absolute Gasteiger partial charge is 0.297 e. The first-order chi connectivity index (χ1) is 8.18. The van der Waals surface area contributed by atoms with Crippen molar-refractivity contribution in [2.24, 2.45) is 0 Å². The monoisotopic (exact) mass is 232 g/mol. The number of rotatable bonds is 3. The highest BCUT2D eigenvalue weighted by molar-refractivity contribution is 5.19. The average Bonchev–Trinajstić information content (AvgIpc) is 2.39. The van der Waals surface area contributed by atoms with E-state index in [1.807, 2.05) is 0 Å². The predicted molar refractivity (Wildman–Crippen MR) is 72.2 cm³/mol. The minimum atomic E-state index is 0.518. The molecule has 2 heterocycles. The lowest BCUT2D eigenvalue weighted by Crippen LogP contribution is -2.32. The molecule has 0 bridgehead atoms. The number of pyridine rings is 1. The molecule has 1 aliphatic heterocycles. The molecular formula is C15H24N2. The van der Waals surface area contributed by atoms with Crippen molar-refractivity contribution in [1.82, 2.24) is 9.88 Å². The van der Waals surface area contributed by atoms with Crippen LogP contribution in [0.1, 0.15) is 63.3 Å². The molecule has 1 atom stereocenters. The highest BCUT2D eigenvalue weighted by Gasteiger charge is 2.18. The number of hydrogen-bond acceptors (Lipinski definition) is 2. The van der Waals surface area contributed by atoms with E-state index in [1.54, 1.807) is 0 Å². The summed E-state index contributed by atoms with van der Waals surface area (Å²) in [4.78, 5) is 7.15. The summed E-state index contributed by atoms with van der Waals surface area (Å²) in [6.07, 6.45) is 6.16. The SMILES string of the molecule is CC(C)c1ccc(C(C)N2CCCCC2)cn1. The lowest BCUT2D eigenvalue weighted by molar-refractivity contribution is 0.174. The van der Waals surface area contributed by atoms with Gasteiger partial charge in [0, 0.05) is 17.9 Å². The molecule has 94 valence electrons. The molecule has 2 rings (SSSR count). The summed E-state index contributed by atoms with van der Waals surface area (Å²) >= 11 is 0. The molecule has 1 unspecified atom stereocenters. The third-order valence-electron chi connectivity index (χ3n) is 3.82. The standard InChI is InChI=1S/C15H24N2/c1-12(2)15-8-7-14(11-16-15)13(3)17-9-5-4-6-10-17/h7-8,11-13H,4-6,9-10H2,1-3H3. The van der Waals surface area contributed by atoms with Crippen LogP contribution in [-0.4, -0.2) is 23.0 Å². The van der Waals surface area contributed by atoms with Crippen LogP contribution in [-0.2, 0) is 0 Å². The molecule has 17 heavy (non-hydrogen) atoms. The van der Waals surface area contributed by atoms with Gasteiger partial charge in [-0.15, -0.1) is 0 Å². The zero-order chi connectivity index (χ0) is 12.3. The maximum atomic E-state index is 4.57. The summed E-state index contributed by atoms with van der Waals surface area (Å²) < 4.78 is 0. The second-order valence-electron chi connectivity index (χ2n) is 5.44. The van der Waals surface area contributed by atoms with Crippen LogP contribution in [0.5, 0.6) is 0 Å². The van der Waals surface area contributed by atoms with Crippen molar-refractivity contribution in [2.45, 2.75) is 52.0 Å². The quantitative estimate of drug-likeness (QED) is 0.789. The second-order valence-corrected chi connectivity index (χ2v) is 5.44. The molecule has 0 radical (unpaired) electrons. The molecule has 2 nitrogen and oxygen atoms in total. The van der Waals surface area contributed by atoms with Crippen LogP contribution in [0.2, 0.25) is 0 Å². The Bertz CT molecular complexity index is 336. The fourth-order valence-corrected chi connectivity index (χ4v) is 2.52. The minimum absolute atomic E-state index is 0.518. The van der Waals surface area contributed by atoms with E-state index in [2.05, 4.69) is 49.0 Å². The van der Waals surface area contributed by atoms with E-state index in [0.29, 0.717) is 12.0 Å². The summed E-state index contributed by atoms with van der Waals surface area (Å²) in [5.74, 6) is 0.523. The highest BCUT2D eigenvalue weighted by atomic mass is 15.2. The van der Waals surface area contributed by atoms with Crippen LogP contribution < -0.4 is 0 Å². The average molecular weight is 232 g/mol. The summed E-state index contributed by atoms with van der Waals surface area (Å²) in [5.41, 5.74) is 2.55. The lowest BCUT2D eigenvalue weighted by Gasteiger charge is -2.32. The Morgan fingerprint density at radius 3 is 2.29 bits per heavy atom. The van der Waals surface area contributed by atoms with Gasteiger partial charge in [-0.3, -0.25) is 9.88 Å². The van der Waals surface area contributed by atoms with Crippen LogP contribution in [0.4, 0.5) is 0 Å². The molecule has 0 aliphatic carbocycles. The Morgan fingerprint density at radius 1 is 1.06 bits per heavy atom. The summed E-state index contributed by atoms with van der Waals surface area (Å²) in [6.45, 7) is 9.17. The molecule has 1 fully saturated rings. The first-order valence-corrected chi connectivity index (χ1v) is 6.88. The van der Waals surface area contributed by atoms with Crippen LogP contribution in [0, 0.1) is 0 Å². The van der Waals surface area contributed by atoms with Crippen LogP contribution in [0.15, 0.2) is 18.3 Å². The Kier molecular flexibility index (Phi) is 4.16. The topological polar surface area (TPSA) is 16.1 Å². The number of piperidine rings is 1. The van der Waals surface area contributed by atoms with Crippen molar-refractivity contribution in [2.75, 3.05) is 13.1 Å². The maximum Gasteiger partial charge on any atom is 0.0429 e. The van der Waals surface area contributed by atoms with Crippen molar-refractivity contribution in [1.29, 1.82) is 0 Å². The fourth-order valence-electron chi connectivity index (χ4n) is 2.52. The fraction of sp³-hybridized carbons (Fsp3) is 0.667. The Balaban J connectivity index is 2.05. The molecule has 0 spiro atoms. The van der Waals surface area contributed by atoms with E-state index in [4.69, 9.17) is 0 Å². The van der Waals surface area contributed by atoms with Crippen molar-refractivity contribution < 1.29 is 0 Å². The number of aromatic nitrogens is 1. The van der Waals surface area contributed by atoms with E-state index in [-0.39, 0.29) is 0 Å². The van der Waals surface area contributed by atoms with Gasteiger partial charge < -0.3 is 0 Å². The van der Waals surface area contributed by atoms with Gasteiger partial charge in [0.2, 0.25) is 0 Å². The molecule has 0 N–H and O–H groups in total. The van der Waals surface area contributed by atoms with Gasteiger partial charge >= 0.3 is 0 Å². The number of likely N-dealkylation sites (tertiary alicyclic amines) is 1. The van der Waals surface area contributed by atoms with Crippen LogP contribution in [0.3, 0.4) is 0 Å². The molecule has 1 saturated heterocycles. The van der Waals surface area contributed by atoms with Crippen LogP contribution in [0.25, 0.3) is 0 Å². The minimum Gasteiger partial charge on any atom is -0.297 e. The Morgan fingerprint density at radius 2 is 1.76 bits per heavy atom. The van der Waals surface area contributed by atoms with Gasteiger partial charge in [-0.25, -0.2) is 0 Å². The number of nitrogens with zero attached hydrogens (tertiary/aromatic N) is 2. The lowest BCUT2D eigenvalue weighted by atomic mass is 10.0. The third-order valence-corrected chi connectivity index (χ3v) is 3.82. The molecule has 2 heteroatoms. The molecular weight excluding hydrogens is 208 g/mol. The first kappa shape index (κ1) is 12.6. The van der Waals surface area contributed by atoms with Gasteiger partial charge in [0.25, 0.3) is 0 Å². The van der Waals surface area contributed by atoms with E-state index in [1.165, 1.54) is 43.6 Å². The van der Waals surface area contributed by atoms with Gasteiger partial charge in [0.05, 0.1) is 0 Å². The van der Waals surface area contributed by atoms with Gasteiger partial charge in [0.15, 0.2) is 0 Å². The van der Waals surface area contributed by atoms with E-state index in [9.17, 15) is 0 Å². The van der Waals surface area contributed by atoms with Gasteiger partial charge in [-0.05, 0) is 50.4 Å². The molecule has 0 aromatic carbocycles. The summed E-state index contributed by atoms with van der Waals surface area (Å²) in [7, 11) is 0. The van der Waals surface area contributed by atoms with Crippen molar-refractivity contribution in [3.8, 4) is 0 Å². The molecule has 1 aromatic rings. The van der Waals surface area contributed by atoms with Gasteiger partial charge in [-0.2, -0.15) is 0 Å². The predicted octanol–water partition coefficient (Wildman–Crippen LogP) is 3.75. The third kappa shape index (κ3) is 3.06. The van der Waals surface area contributed by atoms with Gasteiger partial charge in [-0.1, -0.05) is 26.3 Å². The van der Waals surface area contributed by atoms with E-state index in [0.717, 1.165) is 0 Å². The Hall–Kier alpha value is -0.890. The Labute approximate surface area is 105 Å². The van der Waals surface area contributed by atoms with Crippen LogP contribution >= 0.6 is 0 Å². The zero-order valence-corrected chi connectivity index (χ0v) is 11.3.